The normalized spacial score (nSPS) is 18.2. The van der Waals surface area contributed by atoms with E-state index in [9.17, 15) is 19.8 Å². The summed E-state index contributed by atoms with van der Waals surface area (Å²) in [5.41, 5.74) is 3.29. The first-order valence-electron chi connectivity index (χ1n) is 18.6. The van der Waals surface area contributed by atoms with E-state index >= 15 is 0 Å². The standard InChI is InChI=1S/C36H50N8O6S2Si2/c1-53(2,3)15-13-49-21-43-27(19-37-31(43)25-9-7-11-41(25)35(45)46)33-39-23-17-30-24(18-29(23)51-33)40-34(52-30)28-20-38-32(26-10-8-12-42(26)36(47)48)44(28)22-50-14-16-54(4,5)6/h17-20,25-26H,7-16,21-22H2,1-6H3,(H,45,46)(H,47,48)/t25-,26-/m0/s1. The highest BCUT2D eigenvalue weighted by atomic mass is 32.1. The van der Waals surface area contributed by atoms with Gasteiger partial charge in [0.05, 0.1) is 56.3 Å². The minimum atomic E-state index is -1.30. The Bertz CT molecular complexity index is 1950. The minimum Gasteiger partial charge on any atom is -0.465 e. The predicted molar refractivity (Wildman–Crippen MR) is 217 cm³/mol. The van der Waals surface area contributed by atoms with E-state index in [0.717, 1.165) is 66.8 Å². The molecule has 2 aliphatic rings. The summed E-state index contributed by atoms with van der Waals surface area (Å²) in [5, 5.41) is 21.4. The molecule has 2 fully saturated rings. The molecule has 18 heteroatoms. The Kier molecular flexibility index (Phi) is 11.0. The summed E-state index contributed by atoms with van der Waals surface area (Å²) in [5.74, 6) is 1.38. The van der Waals surface area contributed by atoms with Crippen molar-refractivity contribution in [2.75, 3.05) is 26.3 Å². The van der Waals surface area contributed by atoms with Crippen molar-refractivity contribution in [2.45, 2.75) is 103 Å². The molecule has 0 unspecified atom stereocenters. The maximum atomic E-state index is 12.1. The van der Waals surface area contributed by atoms with Gasteiger partial charge in [0.1, 0.15) is 35.1 Å². The average molecular weight is 811 g/mol. The van der Waals surface area contributed by atoms with Gasteiger partial charge in [-0.1, -0.05) is 39.3 Å². The van der Waals surface area contributed by atoms with Crippen LogP contribution < -0.4 is 0 Å². The van der Waals surface area contributed by atoms with Gasteiger partial charge >= 0.3 is 12.2 Å². The SMILES string of the molecule is C[Si](C)(C)CCOCn1c(-c2nc3cc4sc(-c5cnc([C@@H]6CCCN6C(=O)O)n5COCC[Si](C)(C)C)nc4cc3s2)cnc1[C@@H]1CCCN1C(=O)O. The number of carboxylic acid groups (broad SMARTS) is 2. The van der Waals surface area contributed by atoms with Crippen molar-refractivity contribution < 1.29 is 29.3 Å². The molecule has 0 aliphatic carbocycles. The molecule has 0 radical (unpaired) electrons. The van der Waals surface area contributed by atoms with Crippen LogP contribution in [-0.2, 0) is 22.9 Å². The summed E-state index contributed by atoms with van der Waals surface area (Å²) in [4.78, 5) is 46.8. The molecule has 7 rings (SSSR count). The molecular formula is C36H50N8O6S2Si2. The fraction of sp³-hybridized carbons (Fsp3) is 0.556. The smallest absolute Gasteiger partial charge is 0.407 e. The molecule has 2 saturated heterocycles. The number of nitrogens with zero attached hydrogens (tertiary/aromatic N) is 8. The number of carbonyl (C=O) groups is 2. The fourth-order valence-corrected chi connectivity index (χ4v) is 10.6. The van der Waals surface area contributed by atoms with Crippen LogP contribution in [0.5, 0.6) is 0 Å². The molecule has 5 aromatic rings. The molecule has 1 aromatic carbocycles. The molecule has 2 N–H and O–H groups in total. The number of likely N-dealkylation sites (tertiary alicyclic amines) is 2. The monoisotopic (exact) mass is 810 g/mol. The van der Waals surface area contributed by atoms with Crippen LogP contribution in [0.15, 0.2) is 24.5 Å². The number of thiazole rings is 2. The molecule has 0 spiro atoms. The van der Waals surface area contributed by atoms with Crippen LogP contribution in [0.3, 0.4) is 0 Å². The van der Waals surface area contributed by atoms with Crippen LogP contribution >= 0.6 is 22.7 Å². The number of hydrogen-bond donors (Lipinski definition) is 2. The van der Waals surface area contributed by atoms with Gasteiger partial charge in [0, 0.05) is 42.5 Å². The molecule has 2 atom stereocenters. The first-order valence-corrected chi connectivity index (χ1v) is 27.7. The second-order valence-corrected chi connectivity index (χ2v) is 30.0. The Morgan fingerprint density at radius 2 is 1.13 bits per heavy atom. The molecule has 0 bridgehead atoms. The molecule has 4 aromatic heterocycles. The Balaban J connectivity index is 1.20. The maximum Gasteiger partial charge on any atom is 0.407 e. The Morgan fingerprint density at radius 1 is 0.722 bits per heavy atom. The zero-order chi connectivity index (χ0) is 38.4. The van der Waals surface area contributed by atoms with Gasteiger partial charge in [-0.05, 0) is 49.9 Å². The lowest BCUT2D eigenvalue weighted by molar-refractivity contribution is 0.0815. The zero-order valence-corrected chi connectivity index (χ0v) is 35.5. The maximum absolute atomic E-state index is 12.1. The van der Waals surface area contributed by atoms with Crippen molar-refractivity contribution in [3.8, 4) is 21.4 Å². The Morgan fingerprint density at radius 3 is 1.50 bits per heavy atom. The lowest BCUT2D eigenvalue weighted by Crippen LogP contribution is -2.31. The minimum absolute atomic E-state index is 0.275. The van der Waals surface area contributed by atoms with Gasteiger partial charge in [-0.3, -0.25) is 18.9 Å². The Hall–Kier alpha value is -3.69. The summed E-state index contributed by atoms with van der Waals surface area (Å²) < 4.78 is 18.4. The largest absolute Gasteiger partial charge is 0.465 e. The molecule has 2 aliphatic heterocycles. The lowest BCUT2D eigenvalue weighted by atomic mass is 10.2. The second-order valence-electron chi connectivity index (χ2n) is 16.6. The third-order valence-electron chi connectivity index (χ3n) is 10.1. The molecule has 2 amide bonds. The van der Waals surface area contributed by atoms with E-state index < -0.39 is 28.3 Å². The van der Waals surface area contributed by atoms with Gasteiger partial charge in [0.15, 0.2) is 0 Å². The first kappa shape index (κ1) is 38.6. The van der Waals surface area contributed by atoms with Gasteiger partial charge in [0.25, 0.3) is 0 Å². The van der Waals surface area contributed by atoms with Crippen molar-refractivity contribution >= 4 is 71.4 Å². The van der Waals surface area contributed by atoms with Crippen molar-refractivity contribution in [2.24, 2.45) is 0 Å². The van der Waals surface area contributed by atoms with E-state index in [1.54, 1.807) is 35.1 Å². The average Bonchev–Trinajstić information content (AvgIpc) is 3.93. The number of aromatic nitrogens is 6. The first-order chi connectivity index (χ1) is 25.7. The molecular weight excluding hydrogens is 761 g/mol. The highest BCUT2D eigenvalue weighted by Gasteiger charge is 2.36. The van der Waals surface area contributed by atoms with Crippen LogP contribution in [0.25, 0.3) is 41.8 Å². The number of ether oxygens (including phenoxy) is 2. The number of benzene rings is 1. The topological polar surface area (TPSA) is 161 Å². The van der Waals surface area contributed by atoms with Gasteiger partial charge < -0.3 is 19.7 Å². The van der Waals surface area contributed by atoms with Gasteiger partial charge in [-0.25, -0.2) is 29.5 Å². The molecule has 0 saturated carbocycles. The van der Waals surface area contributed by atoms with Gasteiger partial charge in [-0.15, -0.1) is 22.7 Å². The van der Waals surface area contributed by atoms with Crippen molar-refractivity contribution in [1.82, 2.24) is 38.9 Å². The van der Waals surface area contributed by atoms with E-state index in [1.165, 1.54) is 9.80 Å². The number of rotatable bonds is 14. The summed E-state index contributed by atoms with van der Waals surface area (Å²) in [7, 11) is -2.60. The molecule has 54 heavy (non-hydrogen) atoms. The van der Waals surface area contributed by atoms with E-state index in [2.05, 4.69) is 51.4 Å². The van der Waals surface area contributed by atoms with E-state index in [-0.39, 0.29) is 25.5 Å². The number of fused-ring (bicyclic) bond motifs is 2. The van der Waals surface area contributed by atoms with E-state index in [1.807, 2.05) is 9.13 Å². The van der Waals surface area contributed by atoms with Crippen LogP contribution in [0.4, 0.5) is 9.59 Å². The lowest BCUT2D eigenvalue weighted by Gasteiger charge is -2.23. The third kappa shape index (κ3) is 8.28. The zero-order valence-electron chi connectivity index (χ0n) is 31.9. The van der Waals surface area contributed by atoms with Crippen molar-refractivity contribution in [3.63, 3.8) is 0 Å². The van der Waals surface area contributed by atoms with Crippen molar-refractivity contribution in [1.29, 1.82) is 0 Å². The fourth-order valence-electron chi connectivity index (χ4n) is 7.09. The molecule has 14 nitrogen and oxygen atoms in total. The van der Waals surface area contributed by atoms with Gasteiger partial charge in [0.2, 0.25) is 0 Å². The quantitative estimate of drug-likeness (QED) is 0.0819. The van der Waals surface area contributed by atoms with Crippen LogP contribution in [0.2, 0.25) is 51.4 Å². The van der Waals surface area contributed by atoms with E-state index in [0.29, 0.717) is 50.8 Å². The van der Waals surface area contributed by atoms with Gasteiger partial charge in [-0.2, -0.15) is 0 Å². The summed E-state index contributed by atoms with van der Waals surface area (Å²) in [6.45, 7) is 16.7. The van der Waals surface area contributed by atoms with Crippen molar-refractivity contribution in [3.05, 3.63) is 36.2 Å². The third-order valence-corrected chi connectivity index (χ3v) is 15.6. The van der Waals surface area contributed by atoms with Crippen LogP contribution in [-0.4, -0.2) is 104 Å². The summed E-state index contributed by atoms with van der Waals surface area (Å²) in [6, 6.07) is 5.52. The molecule has 6 heterocycles. The second kappa shape index (κ2) is 15.5. The number of hydrogen-bond acceptors (Lipinski definition) is 10. The summed E-state index contributed by atoms with van der Waals surface area (Å²) >= 11 is 3.10. The number of amides is 2. The summed E-state index contributed by atoms with van der Waals surface area (Å²) in [6.07, 6.45) is 4.73. The Labute approximate surface area is 324 Å². The van der Waals surface area contributed by atoms with Crippen LogP contribution in [0, 0.1) is 0 Å². The highest BCUT2D eigenvalue weighted by Crippen LogP contribution is 2.40. The van der Waals surface area contributed by atoms with E-state index in [4.69, 9.17) is 29.4 Å². The highest BCUT2D eigenvalue weighted by molar-refractivity contribution is 7.23. The molecule has 290 valence electrons. The van der Waals surface area contributed by atoms with Crippen LogP contribution in [0.1, 0.15) is 49.4 Å². The predicted octanol–water partition coefficient (Wildman–Crippen LogP) is 8.89. The number of imidazole rings is 2.